The van der Waals surface area contributed by atoms with Crippen LogP contribution in [0, 0.1) is 0 Å². The number of benzene rings is 1. The predicted octanol–water partition coefficient (Wildman–Crippen LogP) is 3.99. The number of unbranched alkanes of at least 4 members (excludes halogenated alkanes) is 1. The zero-order chi connectivity index (χ0) is 13.7. The maximum atomic E-state index is 11.9. The van der Waals surface area contributed by atoms with Gasteiger partial charge in [0, 0.05) is 30.1 Å². The fourth-order valence-electron chi connectivity index (χ4n) is 2.10. The Hall–Kier alpha value is -1.49. The Morgan fingerprint density at radius 2 is 1.95 bits per heavy atom. The summed E-state index contributed by atoms with van der Waals surface area (Å²) in [6, 6.07) is 8.01. The number of alkyl halides is 3. The molecule has 5 heteroatoms. The van der Waals surface area contributed by atoms with Gasteiger partial charge in [-0.05, 0) is 37.1 Å². The van der Waals surface area contributed by atoms with Crippen molar-refractivity contribution in [2.24, 2.45) is 0 Å². The van der Waals surface area contributed by atoms with Crippen LogP contribution in [0.4, 0.5) is 13.2 Å². The van der Waals surface area contributed by atoms with Gasteiger partial charge in [0.05, 0.1) is 0 Å². The molecule has 0 amide bonds. The first-order chi connectivity index (χ1) is 9.06. The summed E-state index contributed by atoms with van der Waals surface area (Å²) in [5.74, 6) is 0. The summed E-state index contributed by atoms with van der Waals surface area (Å²) in [5, 5.41) is 4.35. The molecule has 19 heavy (non-hydrogen) atoms. The topological polar surface area (TPSA) is 27.8 Å². The van der Waals surface area contributed by atoms with Crippen LogP contribution < -0.4 is 5.32 Å². The minimum atomic E-state index is -4.03. The van der Waals surface area contributed by atoms with Gasteiger partial charge in [0.15, 0.2) is 0 Å². The molecular weight excluding hydrogens is 253 g/mol. The van der Waals surface area contributed by atoms with Crippen LogP contribution in [-0.4, -0.2) is 17.7 Å². The summed E-state index contributed by atoms with van der Waals surface area (Å²) in [4.78, 5) is 3.13. The molecule has 0 aliphatic rings. The predicted molar refractivity (Wildman–Crippen MR) is 69.9 cm³/mol. The van der Waals surface area contributed by atoms with Crippen LogP contribution in [0.3, 0.4) is 0 Å². The maximum Gasteiger partial charge on any atom is 0.389 e. The molecule has 0 fully saturated rings. The van der Waals surface area contributed by atoms with Crippen molar-refractivity contribution >= 4 is 10.9 Å². The summed E-state index contributed by atoms with van der Waals surface area (Å²) in [7, 11) is 0. The second-order valence-corrected chi connectivity index (χ2v) is 4.61. The Balaban J connectivity index is 1.73. The molecule has 1 heterocycles. The highest BCUT2D eigenvalue weighted by Crippen LogP contribution is 2.22. The number of aromatic amines is 1. The number of H-pyrrole nitrogens is 1. The first-order valence-corrected chi connectivity index (χ1v) is 6.39. The second-order valence-electron chi connectivity index (χ2n) is 4.61. The van der Waals surface area contributed by atoms with E-state index in [0.29, 0.717) is 19.5 Å². The molecular formula is C14H17F3N2. The normalized spacial score (nSPS) is 12.2. The molecule has 0 radical (unpaired) electrons. The molecule has 0 atom stereocenters. The van der Waals surface area contributed by atoms with Crippen LogP contribution in [0.2, 0.25) is 0 Å². The van der Waals surface area contributed by atoms with Gasteiger partial charge in [-0.2, -0.15) is 13.2 Å². The van der Waals surface area contributed by atoms with Crippen LogP contribution >= 0.6 is 0 Å². The van der Waals surface area contributed by atoms with Crippen LogP contribution in [-0.2, 0) is 6.54 Å². The van der Waals surface area contributed by atoms with E-state index < -0.39 is 12.6 Å². The van der Waals surface area contributed by atoms with Crippen molar-refractivity contribution < 1.29 is 13.2 Å². The van der Waals surface area contributed by atoms with Crippen LogP contribution in [0.5, 0.6) is 0 Å². The minimum Gasteiger partial charge on any atom is -0.361 e. The molecule has 2 rings (SSSR count). The molecule has 0 aliphatic heterocycles. The largest absolute Gasteiger partial charge is 0.389 e. The Morgan fingerprint density at radius 1 is 1.11 bits per heavy atom. The van der Waals surface area contributed by atoms with E-state index in [9.17, 15) is 13.2 Å². The average Bonchev–Trinajstić information content (AvgIpc) is 2.81. The first-order valence-electron chi connectivity index (χ1n) is 6.39. The number of hydrogen-bond donors (Lipinski definition) is 2. The van der Waals surface area contributed by atoms with Crippen molar-refractivity contribution in [3.05, 3.63) is 36.0 Å². The average molecular weight is 270 g/mol. The van der Waals surface area contributed by atoms with Crippen molar-refractivity contribution in [2.45, 2.75) is 32.0 Å². The third kappa shape index (κ3) is 4.28. The van der Waals surface area contributed by atoms with Gasteiger partial charge in [-0.15, -0.1) is 0 Å². The molecule has 2 aromatic rings. The zero-order valence-corrected chi connectivity index (χ0v) is 10.6. The Labute approximate surface area is 110 Å². The van der Waals surface area contributed by atoms with Gasteiger partial charge in [-0.1, -0.05) is 12.1 Å². The van der Waals surface area contributed by atoms with E-state index in [2.05, 4.69) is 10.3 Å². The Bertz CT molecular complexity index is 517. The lowest BCUT2D eigenvalue weighted by molar-refractivity contribution is -0.135. The molecule has 1 aromatic heterocycles. The van der Waals surface area contributed by atoms with E-state index >= 15 is 0 Å². The molecule has 0 spiro atoms. The number of halogens is 3. The quantitative estimate of drug-likeness (QED) is 0.763. The fraction of sp³-hybridized carbons (Fsp3) is 0.429. The highest BCUT2D eigenvalue weighted by molar-refractivity contribution is 5.82. The van der Waals surface area contributed by atoms with Crippen LogP contribution in [0.15, 0.2) is 30.5 Å². The maximum absolute atomic E-state index is 11.9. The van der Waals surface area contributed by atoms with Crippen LogP contribution in [0.25, 0.3) is 10.9 Å². The summed E-state index contributed by atoms with van der Waals surface area (Å²) in [6.45, 7) is 1.29. The number of rotatable bonds is 6. The Morgan fingerprint density at radius 3 is 2.74 bits per heavy atom. The Kier molecular flexibility index (Phi) is 4.47. The summed E-state index contributed by atoms with van der Waals surface area (Å²) < 4.78 is 35.8. The van der Waals surface area contributed by atoms with E-state index in [1.807, 2.05) is 30.5 Å². The monoisotopic (exact) mass is 270 g/mol. The molecule has 2 nitrogen and oxygen atoms in total. The van der Waals surface area contributed by atoms with Crippen LogP contribution in [0.1, 0.15) is 24.8 Å². The second kappa shape index (κ2) is 6.10. The van der Waals surface area contributed by atoms with Gasteiger partial charge in [0.1, 0.15) is 0 Å². The number of nitrogens with one attached hydrogen (secondary N) is 2. The molecule has 2 N–H and O–H groups in total. The standard InChI is InChI=1S/C14H17F3N2/c15-14(16,17)7-1-2-8-18-10-11-4-3-5-13-12(11)6-9-19-13/h3-6,9,18-19H,1-2,7-8,10H2. The number of aromatic nitrogens is 1. The highest BCUT2D eigenvalue weighted by atomic mass is 19.4. The zero-order valence-electron chi connectivity index (χ0n) is 10.6. The van der Waals surface area contributed by atoms with E-state index in [1.54, 1.807) is 0 Å². The van der Waals surface area contributed by atoms with E-state index in [4.69, 9.17) is 0 Å². The summed E-state index contributed by atoms with van der Waals surface area (Å²) in [5.41, 5.74) is 2.24. The van der Waals surface area contributed by atoms with E-state index in [1.165, 1.54) is 0 Å². The molecule has 0 unspecified atom stereocenters. The van der Waals surface area contributed by atoms with Gasteiger partial charge < -0.3 is 10.3 Å². The number of hydrogen-bond acceptors (Lipinski definition) is 1. The van der Waals surface area contributed by atoms with E-state index in [-0.39, 0.29) is 6.42 Å². The molecule has 0 bridgehead atoms. The third-order valence-electron chi connectivity index (χ3n) is 3.06. The molecule has 0 aliphatic carbocycles. The number of fused-ring (bicyclic) bond motifs is 1. The highest BCUT2D eigenvalue weighted by Gasteiger charge is 2.25. The van der Waals surface area contributed by atoms with Crippen molar-refractivity contribution in [3.8, 4) is 0 Å². The molecule has 0 saturated carbocycles. The van der Waals surface area contributed by atoms with Gasteiger partial charge >= 0.3 is 6.18 Å². The molecule has 1 aromatic carbocycles. The van der Waals surface area contributed by atoms with Crippen molar-refractivity contribution in [1.82, 2.24) is 10.3 Å². The lowest BCUT2D eigenvalue weighted by Crippen LogP contribution is -2.16. The van der Waals surface area contributed by atoms with E-state index in [0.717, 1.165) is 16.5 Å². The van der Waals surface area contributed by atoms with Crippen molar-refractivity contribution in [1.29, 1.82) is 0 Å². The minimum absolute atomic E-state index is 0.185. The van der Waals surface area contributed by atoms with Gasteiger partial charge in [0.2, 0.25) is 0 Å². The van der Waals surface area contributed by atoms with Gasteiger partial charge in [0.25, 0.3) is 0 Å². The summed E-state index contributed by atoms with van der Waals surface area (Å²) in [6.07, 6.45) is -2.11. The van der Waals surface area contributed by atoms with Crippen molar-refractivity contribution in [2.75, 3.05) is 6.54 Å². The molecule has 0 saturated heterocycles. The SMILES string of the molecule is FC(F)(F)CCCCNCc1cccc2[nH]ccc12. The first kappa shape index (κ1) is 13.9. The fourth-order valence-corrected chi connectivity index (χ4v) is 2.10. The van der Waals surface area contributed by atoms with Gasteiger partial charge in [-0.25, -0.2) is 0 Å². The van der Waals surface area contributed by atoms with Crippen molar-refractivity contribution in [3.63, 3.8) is 0 Å². The molecule has 104 valence electrons. The third-order valence-corrected chi connectivity index (χ3v) is 3.06. The smallest absolute Gasteiger partial charge is 0.361 e. The van der Waals surface area contributed by atoms with Gasteiger partial charge in [-0.3, -0.25) is 0 Å². The summed E-state index contributed by atoms with van der Waals surface area (Å²) >= 11 is 0. The lowest BCUT2D eigenvalue weighted by atomic mass is 10.1. The lowest BCUT2D eigenvalue weighted by Gasteiger charge is -2.08.